The van der Waals surface area contributed by atoms with E-state index in [0.29, 0.717) is 12.8 Å². The van der Waals surface area contributed by atoms with E-state index < -0.39 is 24.7 Å². The minimum atomic E-state index is -4.70. The van der Waals surface area contributed by atoms with Crippen LogP contribution in [-0.4, -0.2) is 18.4 Å². The molecule has 1 aliphatic rings. The zero-order valence-corrected chi connectivity index (χ0v) is 13.4. The minimum absolute atomic E-state index is 0.0469. The van der Waals surface area contributed by atoms with Gasteiger partial charge in [-0.3, -0.25) is 9.09 Å². The summed E-state index contributed by atoms with van der Waals surface area (Å²) >= 11 is 1.58. The monoisotopic (exact) mass is 398 g/mol. The number of alkyl halides is 3. The molecule has 0 fully saturated rings. The van der Waals surface area contributed by atoms with Gasteiger partial charge in [-0.15, -0.1) is 0 Å². The van der Waals surface area contributed by atoms with Crippen molar-refractivity contribution in [1.82, 2.24) is 0 Å². The molecule has 0 aromatic carbocycles. The van der Waals surface area contributed by atoms with Gasteiger partial charge in [0.15, 0.2) is 5.31 Å². The highest BCUT2D eigenvalue weighted by atomic mass is 127. The highest BCUT2D eigenvalue weighted by Crippen LogP contribution is 2.72. The second kappa shape index (κ2) is 5.42. The molecule has 8 heteroatoms. The summed E-state index contributed by atoms with van der Waals surface area (Å²) in [7, 11) is -4.27. The number of rotatable bonds is 4. The zero-order chi connectivity index (χ0) is 14.2. The molecule has 0 saturated carbocycles. The fourth-order valence-corrected chi connectivity index (χ4v) is 6.30. The van der Waals surface area contributed by atoms with E-state index in [1.54, 1.807) is 36.4 Å². The van der Waals surface area contributed by atoms with Crippen LogP contribution in [0, 0.1) is 0 Å². The highest BCUT2D eigenvalue weighted by Gasteiger charge is 2.60. The lowest BCUT2D eigenvalue weighted by Crippen LogP contribution is -2.26. The summed E-state index contributed by atoms with van der Waals surface area (Å²) < 4.78 is 61.5. The molecule has 0 aromatic rings. The highest BCUT2D eigenvalue weighted by molar-refractivity contribution is 14.1. The lowest BCUT2D eigenvalue weighted by Gasteiger charge is -2.27. The summed E-state index contributed by atoms with van der Waals surface area (Å²) in [6, 6.07) is 0. The van der Waals surface area contributed by atoms with Crippen molar-refractivity contribution in [2.75, 3.05) is 6.61 Å². The molecule has 0 aliphatic carbocycles. The largest absolute Gasteiger partial charge is 0.425 e. The van der Waals surface area contributed by atoms with Gasteiger partial charge in [0, 0.05) is 3.58 Å². The average molecular weight is 398 g/mol. The molecule has 0 radical (unpaired) electrons. The predicted molar refractivity (Wildman–Crippen MR) is 70.7 cm³/mol. The third-order valence-electron chi connectivity index (χ3n) is 2.89. The third kappa shape index (κ3) is 2.64. The van der Waals surface area contributed by atoms with Gasteiger partial charge in [0.25, 0.3) is 0 Å². The first kappa shape index (κ1) is 16.5. The van der Waals surface area contributed by atoms with Gasteiger partial charge in [-0.1, -0.05) is 13.8 Å². The van der Waals surface area contributed by atoms with Crippen LogP contribution in [0.1, 0.15) is 33.6 Å². The summed E-state index contributed by atoms with van der Waals surface area (Å²) in [4.78, 5) is 0. The maximum atomic E-state index is 13.1. The fourth-order valence-electron chi connectivity index (χ4n) is 1.88. The number of hydrogen-bond donors (Lipinski definition) is 0. The molecule has 3 nitrogen and oxygen atoms in total. The van der Waals surface area contributed by atoms with Crippen LogP contribution < -0.4 is 0 Å². The lowest BCUT2D eigenvalue weighted by atomic mass is 9.97. The predicted octanol–water partition coefficient (Wildman–Crippen LogP) is 5.01. The van der Waals surface area contributed by atoms with Gasteiger partial charge in [0.1, 0.15) is 5.60 Å². The topological polar surface area (TPSA) is 35.5 Å². The Balaban J connectivity index is 3.42. The maximum absolute atomic E-state index is 13.1. The van der Waals surface area contributed by atoms with Crippen molar-refractivity contribution >= 4 is 30.2 Å². The minimum Gasteiger partial charge on any atom is -0.305 e. The Labute approximate surface area is 118 Å². The van der Waals surface area contributed by atoms with E-state index >= 15 is 0 Å². The maximum Gasteiger partial charge on any atom is 0.425 e. The summed E-state index contributed by atoms with van der Waals surface area (Å²) in [5.41, 5.74) is -1.14. The fraction of sp³-hybridized carbons (Fsp3) is 0.800. The Morgan fingerprint density at radius 3 is 2.17 bits per heavy atom. The van der Waals surface area contributed by atoms with Crippen molar-refractivity contribution in [3.05, 3.63) is 8.89 Å². The van der Waals surface area contributed by atoms with Gasteiger partial charge in [0.2, 0.25) is 0 Å². The summed E-state index contributed by atoms with van der Waals surface area (Å²) in [6.07, 6.45) is -4.07. The molecule has 18 heavy (non-hydrogen) atoms. The molecule has 0 aromatic heterocycles. The van der Waals surface area contributed by atoms with Gasteiger partial charge in [0.05, 0.1) is 6.61 Å². The van der Waals surface area contributed by atoms with Crippen molar-refractivity contribution in [2.45, 2.75) is 45.4 Å². The van der Waals surface area contributed by atoms with Gasteiger partial charge in [-0.25, -0.2) is 0 Å². The number of hydrogen-bond acceptors (Lipinski definition) is 3. The summed E-state index contributed by atoms with van der Waals surface area (Å²) in [5, 5.41) is -1.14. The van der Waals surface area contributed by atoms with Crippen LogP contribution in [0.5, 0.6) is 0 Å². The van der Waals surface area contributed by atoms with Crippen molar-refractivity contribution < 1.29 is 26.8 Å². The van der Waals surface area contributed by atoms with Crippen LogP contribution in [0.3, 0.4) is 0 Å². The molecule has 1 atom stereocenters. The Bertz CT molecular complexity index is 402. The molecule has 0 amide bonds. The van der Waals surface area contributed by atoms with Crippen molar-refractivity contribution in [3.63, 3.8) is 0 Å². The SMILES string of the molecule is CCOP1(=O)OC(CC)(CC)C(I)=C1C(F)(F)F. The van der Waals surface area contributed by atoms with Crippen LogP contribution in [-0.2, 0) is 13.6 Å². The van der Waals surface area contributed by atoms with E-state index in [4.69, 9.17) is 9.05 Å². The van der Waals surface area contributed by atoms with E-state index in [-0.39, 0.29) is 10.2 Å². The van der Waals surface area contributed by atoms with Gasteiger partial charge < -0.3 is 4.52 Å². The first-order chi connectivity index (χ1) is 8.17. The van der Waals surface area contributed by atoms with Gasteiger partial charge in [-0.05, 0) is 42.4 Å². The van der Waals surface area contributed by atoms with Crippen LogP contribution in [0.2, 0.25) is 0 Å². The molecule has 1 heterocycles. The number of allylic oxidation sites excluding steroid dienone is 1. The molecule has 0 bridgehead atoms. The third-order valence-corrected chi connectivity index (χ3v) is 7.05. The van der Waals surface area contributed by atoms with Gasteiger partial charge >= 0.3 is 13.8 Å². The Morgan fingerprint density at radius 2 is 1.83 bits per heavy atom. The quantitative estimate of drug-likeness (QED) is 0.493. The van der Waals surface area contributed by atoms with E-state index in [1.807, 2.05) is 0 Å². The Hall–Kier alpha value is 0.410. The van der Waals surface area contributed by atoms with Crippen LogP contribution >= 0.6 is 30.2 Å². The molecule has 0 spiro atoms. The first-order valence-corrected chi connectivity index (χ1v) is 8.22. The molecule has 106 valence electrons. The lowest BCUT2D eigenvalue weighted by molar-refractivity contribution is -0.0860. The van der Waals surface area contributed by atoms with Crippen molar-refractivity contribution in [1.29, 1.82) is 0 Å². The van der Waals surface area contributed by atoms with Crippen LogP contribution in [0.25, 0.3) is 0 Å². The van der Waals surface area contributed by atoms with Gasteiger partial charge in [-0.2, -0.15) is 13.2 Å². The molecule has 1 rings (SSSR count). The van der Waals surface area contributed by atoms with E-state index in [0.717, 1.165) is 0 Å². The number of halogens is 4. The standard InChI is InChI=1S/C10H15F3IO3P/c1-4-9(5-2)7(14)8(10(11,12)13)18(15,17-9)16-6-3/h4-6H2,1-3H3. The second-order valence-electron chi connectivity index (χ2n) is 3.87. The van der Waals surface area contributed by atoms with E-state index in [1.165, 1.54) is 6.92 Å². The molecule has 0 saturated heterocycles. The zero-order valence-electron chi connectivity index (χ0n) is 10.3. The molecular formula is C10H15F3IO3P. The van der Waals surface area contributed by atoms with E-state index in [2.05, 4.69) is 0 Å². The molecular weight excluding hydrogens is 383 g/mol. The van der Waals surface area contributed by atoms with E-state index in [9.17, 15) is 17.7 Å². The van der Waals surface area contributed by atoms with Crippen LogP contribution in [0.4, 0.5) is 13.2 Å². The first-order valence-electron chi connectivity index (χ1n) is 5.60. The van der Waals surface area contributed by atoms with Crippen molar-refractivity contribution in [2.24, 2.45) is 0 Å². The Kier molecular flexibility index (Phi) is 4.96. The summed E-state index contributed by atoms with van der Waals surface area (Å²) in [6.45, 7) is 4.81. The van der Waals surface area contributed by atoms with Crippen LogP contribution in [0.15, 0.2) is 8.89 Å². The average Bonchev–Trinajstić information content (AvgIpc) is 2.47. The normalized spacial score (nSPS) is 27.9. The molecule has 1 unspecified atom stereocenters. The van der Waals surface area contributed by atoms with Crippen molar-refractivity contribution in [3.8, 4) is 0 Å². The summed E-state index contributed by atoms with van der Waals surface area (Å²) in [5.74, 6) is 0. The molecule has 1 aliphatic heterocycles. The smallest absolute Gasteiger partial charge is 0.305 e. The molecule has 0 N–H and O–H groups in total. The second-order valence-corrected chi connectivity index (χ2v) is 6.83. The Morgan fingerprint density at radius 1 is 1.33 bits per heavy atom.